The quantitative estimate of drug-likeness (QED) is 0.738. The lowest BCUT2D eigenvalue weighted by Gasteiger charge is -2.18. The molecule has 2 heterocycles. The molecule has 5 heteroatoms. The van der Waals surface area contributed by atoms with Crippen molar-refractivity contribution in [1.82, 2.24) is 0 Å². The molecule has 3 rings (SSSR count). The van der Waals surface area contributed by atoms with Crippen LogP contribution in [0.2, 0.25) is 0 Å². The number of carbonyl (C=O) groups is 2. The van der Waals surface area contributed by atoms with E-state index in [1.807, 2.05) is 63.4 Å². The number of carbonyl (C=O) groups excluding carboxylic acids is 2. The molecule has 2 aromatic rings. The summed E-state index contributed by atoms with van der Waals surface area (Å²) in [5, 5.41) is 2.16. The first-order chi connectivity index (χ1) is 11.4. The maximum absolute atomic E-state index is 13.1. The van der Waals surface area contributed by atoms with E-state index in [0.29, 0.717) is 16.2 Å². The number of hydrogen-bond donors (Lipinski definition) is 0. The zero-order valence-corrected chi connectivity index (χ0v) is 15.8. The van der Waals surface area contributed by atoms with Crippen LogP contribution in [0.15, 0.2) is 40.6 Å². The zero-order chi connectivity index (χ0) is 17.4. The van der Waals surface area contributed by atoms with Crippen LogP contribution in [0, 0.1) is 13.8 Å². The number of benzene rings is 1. The van der Waals surface area contributed by atoms with Crippen molar-refractivity contribution < 1.29 is 9.59 Å². The van der Waals surface area contributed by atoms with Crippen LogP contribution in [0.3, 0.4) is 0 Å². The van der Waals surface area contributed by atoms with Gasteiger partial charge in [-0.2, -0.15) is 0 Å². The minimum Gasteiger partial charge on any atom is -0.268 e. The Kier molecular flexibility index (Phi) is 4.65. The number of anilines is 1. The van der Waals surface area contributed by atoms with Crippen molar-refractivity contribution in [3.8, 4) is 0 Å². The van der Waals surface area contributed by atoms with E-state index in [9.17, 15) is 9.59 Å². The Morgan fingerprint density at radius 2 is 1.83 bits per heavy atom. The fourth-order valence-electron chi connectivity index (χ4n) is 2.77. The van der Waals surface area contributed by atoms with E-state index in [0.717, 1.165) is 16.0 Å². The van der Waals surface area contributed by atoms with Crippen LogP contribution in [0.4, 0.5) is 5.69 Å². The van der Waals surface area contributed by atoms with Crippen LogP contribution in [-0.4, -0.2) is 17.1 Å². The molecule has 3 nitrogen and oxygen atoms in total. The molecule has 2 amide bonds. The highest BCUT2D eigenvalue weighted by Gasteiger charge is 2.41. The molecule has 1 aromatic heterocycles. The summed E-state index contributed by atoms with van der Waals surface area (Å²) in [6.07, 6.45) is 0. The Labute approximate surface area is 150 Å². The van der Waals surface area contributed by atoms with E-state index in [1.54, 1.807) is 0 Å². The molecule has 0 atom stereocenters. The molecule has 1 aliphatic heterocycles. The lowest BCUT2D eigenvalue weighted by molar-refractivity contribution is -0.119. The standard InChI is InChI=1S/C19H19NO2S2/c1-11(2)24-17-16(15-6-5-9-23-15)18(21)20(19(17)22)14-8-7-12(3)10-13(14)4/h5-11H,1-4H3. The number of nitrogens with zero attached hydrogens (tertiary/aromatic N) is 1. The van der Waals surface area contributed by atoms with Crippen molar-refractivity contribution >= 4 is 46.2 Å². The van der Waals surface area contributed by atoms with E-state index in [4.69, 9.17) is 0 Å². The van der Waals surface area contributed by atoms with E-state index in [2.05, 4.69) is 0 Å². The van der Waals surface area contributed by atoms with E-state index in [-0.39, 0.29) is 17.1 Å². The molecule has 0 saturated carbocycles. The van der Waals surface area contributed by atoms with Crippen LogP contribution in [0.1, 0.15) is 29.9 Å². The molecule has 0 radical (unpaired) electrons. The Morgan fingerprint density at radius 1 is 1.08 bits per heavy atom. The number of rotatable bonds is 4. The molecule has 0 aliphatic carbocycles. The fraction of sp³-hybridized carbons (Fsp3) is 0.263. The monoisotopic (exact) mass is 357 g/mol. The predicted molar refractivity (Wildman–Crippen MR) is 102 cm³/mol. The Balaban J connectivity index is 2.11. The van der Waals surface area contributed by atoms with Crippen molar-refractivity contribution in [2.45, 2.75) is 32.9 Å². The minimum atomic E-state index is -0.224. The summed E-state index contributed by atoms with van der Waals surface area (Å²) >= 11 is 2.95. The molecule has 0 bridgehead atoms. The van der Waals surface area contributed by atoms with Crippen LogP contribution < -0.4 is 4.90 Å². The number of imide groups is 1. The van der Waals surface area contributed by atoms with Gasteiger partial charge in [-0.1, -0.05) is 37.6 Å². The third kappa shape index (κ3) is 2.94. The van der Waals surface area contributed by atoms with E-state index in [1.165, 1.54) is 28.0 Å². The Bertz CT molecular complexity index is 835. The third-order valence-electron chi connectivity index (χ3n) is 3.76. The molecule has 0 saturated heterocycles. The van der Waals surface area contributed by atoms with Gasteiger partial charge in [0.05, 0.1) is 16.2 Å². The van der Waals surface area contributed by atoms with E-state index >= 15 is 0 Å². The topological polar surface area (TPSA) is 37.4 Å². The Morgan fingerprint density at radius 3 is 2.42 bits per heavy atom. The maximum atomic E-state index is 13.1. The first-order valence-electron chi connectivity index (χ1n) is 7.81. The number of thiophene rings is 1. The average Bonchev–Trinajstić information content (AvgIpc) is 3.09. The van der Waals surface area contributed by atoms with Gasteiger partial charge in [0, 0.05) is 10.1 Å². The summed E-state index contributed by atoms with van der Waals surface area (Å²) in [5.74, 6) is -0.438. The SMILES string of the molecule is Cc1ccc(N2C(=O)C(SC(C)C)=C(c3cccs3)C2=O)c(C)c1. The average molecular weight is 358 g/mol. The predicted octanol–water partition coefficient (Wildman–Crippen LogP) is 4.79. The largest absolute Gasteiger partial charge is 0.272 e. The highest BCUT2D eigenvalue weighted by Crippen LogP contribution is 2.41. The van der Waals surface area contributed by atoms with Gasteiger partial charge >= 0.3 is 0 Å². The summed E-state index contributed by atoms with van der Waals surface area (Å²) < 4.78 is 0. The number of hydrogen-bond acceptors (Lipinski definition) is 4. The van der Waals surface area contributed by atoms with Crippen molar-refractivity contribution in [3.63, 3.8) is 0 Å². The second kappa shape index (κ2) is 6.57. The lowest BCUT2D eigenvalue weighted by Crippen LogP contribution is -2.32. The maximum Gasteiger partial charge on any atom is 0.272 e. The second-order valence-corrected chi connectivity index (χ2v) is 8.62. The lowest BCUT2D eigenvalue weighted by atomic mass is 10.1. The summed E-state index contributed by atoms with van der Waals surface area (Å²) in [4.78, 5) is 28.8. The third-order valence-corrected chi connectivity index (χ3v) is 5.73. The number of aryl methyl sites for hydroxylation is 2. The van der Waals surface area contributed by atoms with Crippen molar-refractivity contribution in [2.24, 2.45) is 0 Å². The molecule has 0 unspecified atom stereocenters. The molecule has 24 heavy (non-hydrogen) atoms. The van der Waals surface area contributed by atoms with E-state index < -0.39 is 0 Å². The summed E-state index contributed by atoms with van der Waals surface area (Å²) in [7, 11) is 0. The van der Waals surface area contributed by atoms with Gasteiger partial charge in [-0.05, 0) is 36.9 Å². The van der Waals surface area contributed by atoms with Crippen LogP contribution in [-0.2, 0) is 9.59 Å². The van der Waals surface area contributed by atoms with Crippen molar-refractivity contribution in [1.29, 1.82) is 0 Å². The van der Waals surface area contributed by atoms with Gasteiger partial charge in [0.15, 0.2) is 0 Å². The highest BCUT2D eigenvalue weighted by atomic mass is 32.2. The molecule has 1 aromatic carbocycles. The normalized spacial score (nSPS) is 15.1. The van der Waals surface area contributed by atoms with Gasteiger partial charge in [-0.15, -0.1) is 23.1 Å². The summed E-state index contributed by atoms with van der Waals surface area (Å²) in [6, 6.07) is 9.59. The molecule has 0 N–H and O–H groups in total. The molecule has 0 spiro atoms. The van der Waals surface area contributed by atoms with Crippen LogP contribution in [0.25, 0.3) is 5.57 Å². The van der Waals surface area contributed by atoms with Crippen molar-refractivity contribution in [3.05, 3.63) is 56.6 Å². The first-order valence-corrected chi connectivity index (χ1v) is 9.57. The molecular formula is C19H19NO2S2. The number of amides is 2. The molecular weight excluding hydrogens is 338 g/mol. The van der Waals surface area contributed by atoms with Crippen LogP contribution in [0.5, 0.6) is 0 Å². The van der Waals surface area contributed by atoms with Crippen molar-refractivity contribution in [2.75, 3.05) is 4.90 Å². The smallest absolute Gasteiger partial charge is 0.268 e. The number of thioether (sulfide) groups is 1. The second-order valence-electron chi connectivity index (χ2n) is 6.08. The van der Waals surface area contributed by atoms with Gasteiger partial charge in [-0.3, -0.25) is 9.59 Å². The van der Waals surface area contributed by atoms with Gasteiger partial charge in [-0.25, -0.2) is 4.90 Å². The summed E-state index contributed by atoms with van der Waals surface area (Å²) in [5.41, 5.74) is 3.24. The van der Waals surface area contributed by atoms with Crippen LogP contribution >= 0.6 is 23.1 Å². The summed E-state index contributed by atoms with van der Waals surface area (Å²) in [6.45, 7) is 7.99. The zero-order valence-electron chi connectivity index (χ0n) is 14.1. The van der Waals surface area contributed by atoms with Gasteiger partial charge < -0.3 is 0 Å². The van der Waals surface area contributed by atoms with Gasteiger partial charge in [0.25, 0.3) is 11.8 Å². The Hall–Kier alpha value is -1.85. The fourth-order valence-corrected chi connectivity index (χ4v) is 4.58. The minimum absolute atomic E-state index is 0.214. The van der Waals surface area contributed by atoms with Gasteiger partial charge in [0.2, 0.25) is 0 Å². The molecule has 1 aliphatic rings. The first kappa shape index (κ1) is 17.0. The molecule has 0 fully saturated rings. The highest BCUT2D eigenvalue weighted by molar-refractivity contribution is 8.04. The van der Waals surface area contributed by atoms with Gasteiger partial charge in [0.1, 0.15) is 0 Å². The molecule has 124 valence electrons.